The van der Waals surface area contributed by atoms with Crippen LogP contribution in [0.5, 0.6) is 0 Å². The minimum absolute atomic E-state index is 0.106. The largest absolute Gasteiger partial charge is 0.380 e. The first-order chi connectivity index (χ1) is 9.11. The van der Waals surface area contributed by atoms with Crippen molar-refractivity contribution in [2.45, 2.75) is 18.9 Å². The van der Waals surface area contributed by atoms with Gasteiger partial charge in [-0.3, -0.25) is 0 Å². The zero-order valence-corrected chi connectivity index (χ0v) is 12.2. The zero-order chi connectivity index (χ0) is 13.8. The molecule has 0 unspecified atom stereocenters. The summed E-state index contributed by atoms with van der Waals surface area (Å²) in [6.07, 6.45) is 2.03. The van der Waals surface area contributed by atoms with Gasteiger partial charge in [0.25, 0.3) is 0 Å². The number of hydrogen-bond donors (Lipinski definition) is 1. The number of likely N-dealkylation sites (tertiary alicyclic amines) is 1. The molecule has 1 fully saturated rings. The summed E-state index contributed by atoms with van der Waals surface area (Å²) >= 11 is 12.0. The first kappa shape index (κ1) is 14.4. The van der Waals surface area contributed by atoms with E-state index in [0.717, 1.165) is 19.4 Å². The summed E-state index contributed by atoms with van der Waals surface area (Å²) in [5, 5.41) is 3.56. The Hall–Kier alpha value is -0.970. The summed E-state index contributed by atoms with van der Waals surface area (Å²) in [6.45, 7) is 1.32. The summed E-state index contributed by atoms with van der Waals surface area (Å²) in [6, 6.07) is 4.98. The van der Waals surface area contributed by atoms with Crippen molar-refractivity contribution in [3.63, 3.8) is 0 Å². The third-order valence-electron chi connectivity index (χ3n) is 3.19. The molecule has 1 aliphatic heterocycles. The highest BCUT2D eigenvalue weighted by atomic mass is 35.5. The lowest BCUT2D eigenvalue weighted by Crippen LogP contribution is -2.44. The minimum Gasteiger partial charge on any atom is -0.380 e. The molecule has 1 aliphatic rings. The lowest BCUT2D eigenvalue weighted by atomic mass is 10.1. The second-order valence-electron chi connectivity index (χ2n) is 4.48. The molecular formula is C13H16Cl2N2O2. The number of piperidine rings is 1. The van der Waals surface area contributed by atoms with Crippen molar-refractivity contribution in [2.75, 3.05) is 25.5 Å². The number of carbonyl (C=O) groups is 1. The molecule has 1 aromatic carbocycles. The Morgan fingerprint density at radius 2 is 2.26 bits per heavy atom. The molecule has 19 heavy (non-hydrogen) atoms. The predicted octanol–water partition coefficient (Wildman–Crippen LogP) is 3.64. The number of methoxy groups -OCH3 is 1. The normalized spacial score (nSPS) is 19.3. The van der Waals surface area contributed by atoms with Crippen molar-refractivity contribution >= 4 is 34.9 Å². The van der Waals surface area contributed by atoms with Crippen LogP contribution in [0.15, 0.2) is 18.2 Å². The van der Waals surface area contributed by atoms with E-state index in [1.807, 2.05) is 0 Å². The lowest BCUT2D eigenvalue weighted by Gasteiger charge is -2.32. The number of benzene rings is 1. The minimum atomic E-state index is -0.175. The maximum atomic E-state index is 12.2. The molecule has 6 heteroatoms. The van der Waals surface area contributed by atoms with Crippen LogP contribution >= 0.6 is 23.2 Å². The van der Waals surface area contributed by atoms with Gasteiger partial charge in [-0.25, -0.2) is 4.79 Å². The van der Waals surface area contributed by atoms with Crippen molar-refractivity contribution in [3.8, 4) is 0 Å². The van der Waals surface area contributed by atoms with E-state index < -0.39 is 0 Å². The van der Waals surface area contributed by atoms with Crippen molar-refractivity contribution in [1.82, 2.24) is 4.90 Å². The Labute approximate surface area is 122 Å². The van der Waals surface area contributed by atoms with Crippen LogP contribution in [-0.4, -0.2) is 37.2 Å². The summed E-state index contributed by atoms with van der Waals surface area (Å²) in [5.41, 5.74) is 0.527. The van der Waals surface area contributed by atoms with Gasteiger partial charge in [-0.1, -0.05) is 29.3 Å². The van der Waals surface area contributed by atoms with Gasteiger partial charge in [0, 0.05) is 20.2 Å². The van der Waals surface area contributed by atoms with Crippen molar-refractivity contribution in [3.05, 3.63) is 28.2 Å². The van der Waals surface area contributed by atoms with E-state index in [-0.39, 0.29) is 12.1 Å². The molecule has 0 saturated carbocycles. The molecule has 0 spiro atoms. The highest BCUT2D eigenvalue weighted by Crippen LogP contribution is 2.29. The summed E-state index contributed by atoms with van der Waals surface area (Å²) in [7, 11) is 1.67. The molecule has 2 rings (SSSR count). The molecule has 2 amide bonds. The second-order valence-corrected chi connectivity index (χ2v) is 5.26. The maximum absolute atomic E-state index is 12.2. The number of rotatable bonds is 2. The smallest absolute Gasteiger partial charge is 0.321 e. The van der Waals surface area contributed by atoms with E-state index in [1.54, 1.807) is 30.2 Å². The molecule has 1 aromatic rings. The van der Waals surface area contributed by atoms with E-state index in [1.165, 1.54) is 0 Å². The molecule has 104 valence electrons. The molecular weight excluding hydrogens is 287 g/mol. The molecule has 1 atom stereocenters. The molecule has 0 radical (unpaired) electrons. The highest BCUT2D eigenvalue weighted by molar-refractivity contribution is 6.43. The number of anilines is 1. The van der Waals surface area contributed by atoms with E-state index in [9.17, 15) is 4.79 Å². The van der Waals surface area contributed by atoms with Crippen LogP contribution in [0.2, 0.25) is 10.0 Å². The van der Waals surface area contributed by atoms with Gasteiger partial charge >= 0.3 is 6.03 Å². The van der Waals surface area contributed by atoms with E-state index in [4.69, 9.17) is 27.9 Å². The lowest BCUT2D eigenvalue weighted by molar-refractivity contribution is 0.0458. The van der Waals surface area contributed by atoms with Crippen LogP contribution in [0.1, 0.15) is 12.8 Å². The number of halogens is 2. The zero-order valence-electron chi connectivity index (χ0n) is 10.7. The summed E-state index contributed by atoms with van der Waals surface area (Å²) in [4.78, 5) is 13.9. The Bertz CT molecular complexity index is 468. The Morgan fingerprint density at radius 1 is 1.47 bits per heavy atom. The van der Waals surface area contributed by atoms with Crippen molar-refractivity contribution in [2.24, 2.45) is 0 Å². The second kappa shape index (κ2) is 6.46. The summed E-state index contributed by atoms with van der Waals surface area (Å²) < 4.78 is 5.30. The fourth-order valence-corrected chi connectivity index (χ4v) is 2.46. The number of amides is 2. The van der Waals surface area contributed by atoms with Crippen LogP contribution in [0.25, 0.3) is 0 Å². The SMILES string of the molecule is CO[C@H]1CCCN(C(=O)Nc2cccc(Cl)c2Cl)C1. The first-order valence-corrected chi connectivity index (χ1v) is 6.90. The number of nitrogens with one attached hydrogen (secondary N) is 1. The molecule has 1 heterocycles. The maximum Gasteiger partial charge on any atom is 0.321 e. The average Bonchev–Trinajstić information content (AvgIpc) is 2.44. The fraction of sp³-hybridized carbons (Fsp3) is 0.462. The van der Waals surface area contributed by atoms with Crippen LogP contribution in [-0.2, 0) is 4.74 Å². The quantitative estimate of drug-likeness (QED) is 0.906. The molecule has 1 N–H and O–H groups in total. The van der Waals surface area contributed by atoms with Gasteiger partial charge in [-0.15, -0.1) is 0 Å². The van der Waals surface area contributed by atoms with Crippen molar-refractivity contribution in [1.29, 1.82) is 0 Å². The van der Waals surface area contributed by atoms with Gasteiger partial charge in [0.1, 0.15) is 0 Å². The predicted molar refractivity (Wildman–Crippen MR) is 77.1 cm³/mol. The van der Waals surface area contributed by atoms with Gasteiger partial charge in [0.2, 0.25) is 0 Å². The Balaban J connectivity index is 2.02. The number of nitrogens with zero attached hydrogens (tertiary/aromatic N) is 1. The van der Waals surface area contributed by atoms with E-state index in [0.29, 0.717) is 22.3 Å². The van der Waals surface area contributed by atoms with Crippen LogP contribution < -0.4 is 5.32 Å². The van der Waals surface area contributed by atoms with Crippen LogP contribution in [0.4, 0.5) is 10.5 Å². The Kier molecular flexibility index (Phi) is 4.91. The standard InChI is InChI=1S/C13H16Cl2N2O2/c1-19-9-4-3-7-17(8-9)13(18)16-11-6-2-5-10(14)12(11)15/h2,5-6,9H,3-4,7-8H2,1H3,(H,16,18)/t9-/m0/s1. The number of urea groups is 1. The monoisotopic (exact) mass is 302 g/mol. The van der Waals surface area contributed by atoms with Crippen LogP contribution in [0, 0.1) is 0 Å². The van der Waals surface area contributed by atoms with Gasteiger partial charge in [0.15, 0.2) is 0 Å². The topological polar surface area (TPSA) is 41.6 Å². The molecule has 0 bridgehead atoms. The third-order valence-corrected chi connectivity index (χ3v) is 4.01. The average molecular weight is 303 g/mol. The molecule has 4 nitrogen and oxygen atoms in total. The molecule has 1 saturated heterocycles. The van der Waals surface area contributed by atoms with Gasteiger partial charge in [-0.05, 0) is 25.0 Å². The summed E-state index contributed by atoms with van der Waals surface area (Å²) in [5.74, 6) is 0. The molecule has 0 aromatic heterocycles. The van der Waals surface area contributed by atoms with Crippen LogP contribution in [0.3, 0.4) is 0 Å². The highest BCUT2D eigenvalue weighted by Gasteiger charge is 2.23. The van der Waals surface area contributed by atoms with Crippen molar-refractivity contribution < 1.29 is 9.53 Å². The third kappa shape index (κ3) is 3.53. The Morgan fingerprint density at radius 3 is 3.00 bits per heavy atom. The van der Waals surface area contributed by atoms with E-state index >= 15 is 0 Å². The number of hydrogen-bond acceptors (Lipinski definition) is 2. The van der Waals surface area contributed by atoms with Gasteiger partial charge < -0.3 is 15.0 Å². The number of carbonyl (C=O) groups excluding carboxylic acids is 1. The van der Waals surface area contributed by atoms with E-state index in [2.05, 4.69) is 5.32 Å². The fourth-order valence-electron chi connectivity index (χ4n) is 2.11. The van der Waals surface area contributed by atoms with Gasteiger partial charge in [0.05, 0.1) is 21.8 Å². The molecule has 0 aliphatic carbocycles. The number of ether oxygens (including phenoxy) is 1. The van der Waals surface area contributed by atoms with Gasteiger partial charge in [-0.2, -0.15) is 0 Å². The first-order valence-electron chi connectivity index (χ1n) is 6.14.